The second kappa shape index (κ2) is 6.10. The number of rotatable bonds is 0. The second-order valence-electron chi connectivity index (χ2n) is 9.66. The number of aromatic nitrogens is 4. The molecule has 7 aromatic rings. The molecule has 0 spiro atoms. The summed E-state index contributed by atoms with van der Waals surface area (Å²) in [5, 5.41) is 3.30. The minimum absolute atomic E-state index is 0.917. The number of benzene rings is 3. The lowest BCUT2D eigenvalue weighted by molar-refractivity contribution is 1.23. The predicted octanol–water partition coefficient (Wildman–Crippen LogP) is 6.73. The molecule has 4 heterocycles. The molecule has 4 heteroatoms. The van der Waals surface area contributed by atoms with Gasteiger partial charge in [0.05, 0.1) is 11.0 Å². The zero-order chi connectivity index (χ0) is 22.7. The number of hydrogen-bond acceptors (Lipinski definition) is 3. The molecule has 0 unspecified atom stereocenters. The smallest absolute Gasteiger partial charge is 0.147 e. The Balaban J connectivity index is 1.39. The first-order chi connectivity index (χ1) is 17.4. The minimum Gasteiger partial charge on any atom is -0.276 e. The number of imidazole rings is 1. The Morgan fingerprint density at radius 2 is 1.51 bits per heavy atom. The maximum Gasteiger partial charge on any atom is 0.147 e. The molecule has 0 bridgehead atoms. The van der Waals surface area contributed by atoms with Crippen LogP contribution in [0.3, 0.4) is 0 Å². The largest absolute Gasteiger partial charge is 0.276 e. The molecule has 4 aromatic heterocycles. The topological polar surface area (TPSA) is 43.1 Å². The van der Waals surface area contributed by atoms with Crippen molar-refractivity contribution in [3.63, 3.8) is 0 Å². The zero-order valence-electron chi connectivity index (χ0n) is 18.8. The van der Waals surface area contributed by atoms with Crippen molar-refractivity contribution in [1.82, 2.24) is 19.4 Å². The van der Waals surface area contributed by atoms with E-state index in [0.717, 1.165) is 51.3 Å². The van der Waals surface area contributed by atoms with Gasteiger partial charge >= 0.3 is 0 Å². The van der Waals surface area contributed by atoms with Crippen LogP contribution in [0.2, 0.25) is 0 Å². The third-order valence-electron chi connectivity index (χ3n) is 7.99. The van der Waals surface area contributed by atoms with E-state index in [0.29, 0.717) is 0 Å². The molecule has 0 atom stereocenters. The highest BCUT2D eigenvalue weighted by Crippen LogP contribution is 2.49. The Bertz CT molecular complexity index is 2070. The summed E-state index contributed by atoms with van der Waals surface area (Å²) in [6.45, 7) is 0. The van der Waals surface area contributed by atoms with Crippen LogP contribution in [0.15, 0.2) is 85.3 Å². The SMILES string of the molecule is c1ccc2c(c1)Cc1c-2ccc2c1-c1ccc3c(nc4c5ccncc5c5cccnc5n34)c1C2. The van der Waals surface area contributed by atoms with Gasteiger partial charge in [-0.15, -0.1) is 0 Å². The summed E-state index contributed by atoms with van der Waals surface area (Å²) in [6.07, 6.45) is 7.56. The van der Waals surface area contributed by atoms with Crippen molar-refractivity contribution in [3.05, 3.63) is 108 Å². The Kier molecular flexibility index (Phi) is 3.11. The summed E-state index contributed by atoms with van der Waals surface area (Å²) >= 11 is 0. The van der Waals surface area contributed by atoms with Crippen LogP contribution in [0.5, 0.6) is 0 Å². The Hall–Kier alpha value is -4.57. The number of nitrogens with zero attached hydrogens (tertiary/aromatic N) is 4. The second-order valence-corrected chi connectivity index (χ2v) is 9.66. The van der Waals surface area contributed by atoms with Crippen LogP contribution in [0, 0.1) is 0 Å². The Morgan fingerprint density at radius 3 is 2.51 bits per heavy atom. The molecule has 0 aliphatic heterocycles. The maximum atomic E-state index is 5.28. The molecule has 0 saturated carbocycles. The fourth-order valence-electron chi connectivity index (χ4n) is 6.53. The quantitative estimate of drug-likeness (QED) is 0.243. The normalized spacial score (nSPS) is 13.5. The number of fused-ring (bicyclic) bond motifs is 16. The van der Waals surface area contributed by atoms with Crippen LogP contribution < -0.4 is 0 Å². The van der Waals surface area contributed by atoms with Gasteiger partial charge in [-0.25, -0.2) is 9.97 Å². The summed E-state index contributed by atoms with van der Waals surface area (Å²) in [7, 11) is 0. The van der Waals surface area contributed by atoms with Crippen LogP contribution in [0.4, 0.5) is 0 Å². The predicted molar refractivity (Wildman–Crippen MR) is 140 cm³/mol. The Morgan fingerprint density at radius 1 is 0.629 bits per heavy atom. The lowest BCUT2D eigenvalue weighted by Gasteiger charge is -2.09. The lowest BCUT2D eigenvalue weighted by atomic mass is 9.95. The molecular weight excluding hydrogens is 428 g/mol. The molecule has 0 radical (unpaired) electrons. The fourth-order valence-corrected chi connectivity index (χ4v) is 6.53. The van der Waals surface area contributed by atoms with Gasteiger partial charge in [-0.05, 0) is 75.2 Å². The van der Waals surface area contributed by atoms with Crippen molar-refractivity contribution in [2.45, 2.75) is 12.8 Å². The van der Waals surface area contributed by atoms with E-state index in [1.807, 2.05) is 24.7 Å². The summed E-state index contributed by atoms with van der Waals surface area (Å²) in [6, 6.07) is 24.2. The summed E-state index contributed by atoms with van der Waals surface area (Å²) in [4.78, 5) is 14.5. The molecule has 3 aromatic carbocycles. The van der Waals surface area contributed by atoms with E-state index in [1.165, 1.54) is 44.5 Å². The first-order valence-corrected chi connectivity index (χ1v) is 12.0. The molecule has 0 fully saturated rings. The first kappa shape index (κ1) is 17.8. The van der Waals surface area contributed by atoms with E-state index in [1.54, 1.807) is 0 Å². The fraction of sp³-hybridized carbons (Fsp3) is 0.0645. The van der Waals surface area contributed by atoms with E-state index < -0.39 is 0 Å². The van der Waals surface area contributed by atoms with E-state index in [9.17, 15) is 0 Å². The number of pyridine rings is 3. The van der Waals surface area contributed by atoms with Gasteiger partial charge in [0.25, 0.3) is 0 Å². The van der Waals surface area contributed by atoms with Crippen molar-refractivity contribution in [1.29, 1.82) is 0 Å². The van der Waals surface area contributed by atoms with Gasteiger partial charge in [0.15, 0.2) is 0 Å². The van der Waals surface area contributed by atoms with Gasteiger partial charge in [0.2, 0.25) is 0 Å². The molecular formula is C31H18N4. The molecule has 0 amide bonds. The molecule has 2 aliphatic rings. The summed E-state index contributed by atoms with van der Waals surface area (Å²) in [5.74, 6) is 0. The molecule has 162 valence electrons. The molecule has 2 aliphatic carbocycles. The van der Waals surface area contributed by atoms with Crippen molar-refractivity contribution in [3.8, 4) is 22.3 Å². The molecule has 0 N–H and O–H groups in total. The summed E-state index contributed by atoms with van der Waals surface area (Å²) < 4.78 is 2.23. The zero-order valence-corrected chi connectivity index (χ0v) is 18.8. The van der Waals surface area contributed by atoms with Gasteiger partial charge in [-0.3, -0.25) is 9.38 Å². The average molecular weight is 447 g/mol. The highest BCUT2D eigenvalue weighted by Gasteiger charge is 2.30. The summed E-state index contributed by atoms with van der Waals surface area (Å²) in [5.41, 5.74) is 15.2. The molecule has 9 rings (SSSR count). The van der Waals surface area contributed by atoms with Gasteiger partial charge in [0.1, 0.15) is 11.3 Å². The third-order valence-corrected chi connectivity index (χ3v) is 7.99. The van der Waals surface area contributed by atoms with Gasteiger partial charge < -0.3 is 0 Å². The average Bonchev–Trinajstić information content (AvgIpc) is 3.59. The van der Waals surface area contributed by atoms with E-state index in [2.05, 4.69) is 70.0 Å². The van der Waals surface area contributed by atoms with Gasteiger partial charge in [0, 0.05) is 41.2 Å². The standard InChI is InChI=1S/C31H18N4/c1-2-5-19-17(4-1)14-24-20(19)8-7-18-15-25-21(28(18)24)9-10-27-29(25)34-31-23-11-13-32-16-26(23)22-6-3-12-33-30(22)35(27)31/h1-13,16H,14-15H2. The number of hydrogen-bond donors (Lipinski definition) is 0. The van der Waals surface area contributed by atoms with Crippen molar-refractivity contribution in [2.24, 2.45) is 0 Å². The highest BCUT2D eigenvalue weighted by atomic mass is 15.1. The van der Waals surface area contributed by atoms with E-state index >= 15 is 0 Å². The van der Waals surface area contributed by atoms with Crippen molar-refractivity contribution < 1.29 is 0 Å². The molecule has 35 heavy (non-hydrogen) atoms. The van der Waals surface area contributed by atoms with Crippen LogP contribution in [0.25, 0.3) is 60.7 Å². The van der Waals surface area contributed by atoms with Gasteiger partial charge in [-0.2, -0.15) is 0 Å². The van der Waals surface area contributed by atoms with E-state index in [4.69, 9.17) is 9.97 Å². The van der Waals surface area contributed by atoms with Crippen molar-refractivity contribution in [2.75, 3.05) is 0 Å². The Labute approximate surface area is 200 Å². The van der Waals surface area contributed by atoms with Crippen LogP contribution in [-0.4, -0.2) is 19.4 Å². The minimum atomic E-state index is 0.917. The first-order valence-electron chi connectivity index (χ1n) is 12.0. The van der Waals surface area contributed by atoms with Crippen LogP contribution in [-0.2, 0) is 12.8 Å². The van der Waals surface area contributed by atoms with Crippen molar-refractivity contribution >= 4 is 38.5 Å². The lowest BCUT2D eigenvalue weighted by Crippen LogP contribution is -1.94. The maximum absolute atomic E-state index is 5.28. The van der Waals surface area contributed by atoms with Gasteiger partial charge in [-0.1, -0.05) is 42.5 Å². The molecule has 0 saturated heterocycles. The third kappa shape index (κ3) is 2.11. The molecule has 4 nitrogen and oxygen atoms in total. The van der Waals surface area contributed by atoms with Crippen LogP contribution in [0.1, 0.15) is 22.3 Å². The van der Waals surface area contributed by atoms with E-state index in [-0.39, 0.29) is 0 Å². The highest BCUT2D eigenvalue weighted by molar-refractivity contribution is 6.13. The van der Waals surface area contributed by atoms with Crippen LogP contribution >= 0.6 is 0 Å². The monoisotopic (exact) mass is 446 g/mol.